The van der Waals surface area contributed by atoms with Crippen molar-refractivity contribution in [3.8, 4) is 28.4 Å². The van der Waals surface area contributed by atoms with Crippen LogP contribution in [0.4, 0.5) is 0 Å². The van der Waals surface area contributed by atoms with E-state index in [9.17, 15) is 4.79 Å². The third kappa shape index (κ3) is 5.18. The summed E-state index contributed by atoms with van der Waals surface area (Å²) in [4.78, 5) is 15.3. The van der Waals surface area contributed by atoms with Crippen molar-refractivity contribution in [2.45, 2.75) is 6.54 Å². The number of ketones is 1. The maximum atomic E-state index is 13.3. The Hall–Kier alpha value is -3.57. The van der Waals surface area contributed by atoms with Crippen LogP contribution >= 0.6 is 0 Å². The summed E-state index contributed by atoms with van der Waals surface area (Å²) in [5.41, 5.74) is 4.46. The fourth-order valence-electron chi connectivity index (χ4n) is 3.61. The Bertz CT molecular complexity index is 1100. The van der Waals surface area contributed by atoms with E-state index in [-0.39, 0.29) is 5.78 Å². The van der Waals surface area contributed by atoms with E-state index in [0.717, 1.165) is 22.3 Å². The summed E-state index contributed by atoms with van der Waals surface area (Å²) in [7, 11) is 8.67. The predicted molar refractivity (Wildman–Crippen MR) is 129 cm³/mol. The van der Waals surface area contributed by atoms with Gasteiger partial charge >= 0.3 is 0 Å². The highest BCUT2D eigenvalue weighted by Gasteiger charge is 2.16. The van der Waals surface area contributed by atoms with Crippen LogP contribution in [-0.2, 0) is 6.54 Å². The van der Waals surface area contributed by atoms with Crippen LogP contribution < -0.4 is 14.2 Å². The normalized spacial score (nSPS) is 11.1. The average Bonchev–Trinajstić information content (AvgIpc) is 2.82. The largest absolute Gasteiger partial charge is 0.493 e. The van der Waals surface area contributed by atoms with Crippen LogP contribution in [-0.4, -0.2) is 46.1 Å². The van der Waals surface area contributed by atoms with Crippen molar-refractivity contribution in [3.63, 3.8) is 0 Å². The van der Waals surface area contributed by atoms with Gasteiger partial charge in [-0.3, -0.25) is 4.79 Å². The van der Waals surface area contributed by atoms with Gasteiger partial charge < -0.3 is 19.1 Å². The lowest BCUT2D eigenvalue weighted by Gasteiger charge is -2.15. The third-order valence-corrected chi connectivity index (χ3v) is 5.12. The highest BCUT2D eigenvalue weighted by Crippen LogP contribution is 2.40. The Balaban J connectivity index is 2.00. The number of nitrogens with zero attached hydrogens (tertiary/aromatic N) is 1. The standard InChI is InChI=1S/C27H29NO4/c1-28(2)18-22-12-11-21(19-9-7-6-8-10-19)17-23(22)24(29)15-13-20-14-16-25(30-3)27(32-5)26(20)31-4/h6-17H,18H2,1-5H3. The molecular weight excluding hydrogens is 402 g/mol. The van der Waals surface area contributed by atoms with Crippen molar-refractivity contribution in [1.29, 1.82) is 0 Å². The van der Waals surface area contributed by atoms with E-state index in [0.29, 0.717) is 29.4 Å². The maximum Gasteiger partial charge on any atom is 0.203 e. The van der Waals surface area contributed by atoms with Crippen LogP contribution in [0.3, 0.4) is 0 Å². The Kier molecular flexibility index (Phi) is 7.68. The van der Waals surface area contributed by atoms with E-state index >= 15 is 0 Å². The number of rotatable bonds is 9. The van der Waals surface area contributed by atoms with Crippen molar-refractivity contribution in [3.05, 3.63) is 83.4 Å². The highest BCUT2D eigenvalue weighted by atomic mass is 16.5. The molecule has 0 aliphatic heterocycles. The minimum absolute atomic E-state index is 0.0727. The second-order valence-corrected chi connectivity index (χ2v) is 7.60. The summed E-state index contributed by atoms with van der Waals surface area (Å²) < 4.78 is 16.3. The van der Waals surface area contributed by atoms with Gasteiger partial charge in [-0.15, -0.1) is 0 Å². The molecule has 3 aromatic carbocycles. The molecule has 0 unspecified atom stereocenters. The van der Waals surface area contributed by atoms with E-state index in [1.54, 1.807) is 39.5 Å². The quantitative estimate of drug-likeness (QED) is 0.338. The molecule has 0 bridgehead atoms. The fraction of sp³-hybridized carbons (Fsp3) is 0.222. The topological polar surface area (TPSA) is 48.0 Å². The first-order valence-electron chi connectivity index (χ1n) is 10.3. The molecule has 0 spiro atoms. The second kappa shape index (κ2) is 10.6. The molecule has 0 aliphatic rings. The third-order valence-electron chi connectivity index (χ3n) is 5.12. The van der Waals surface area contributed by atoms with Crippen LogP contribution in [0, 0.1) is 0 Å². The first-order valence-corrected chi connectivity index (χ1v) is 10.3. The first-order chi connectivity index (χ1) is 15.5. The highest BCUT2D eigenvalue weighted by molar-refractivity contribution is 6.08. The molecule has 0 N–H and O–H groups in total. The maximum absolute atomic E-state index is 13.3. The Morgan fingerprint density at radius 3 is 2.19 bits per heavy atom. The van der Waals surface area contributed by atoms with Gasteiger partial charge in [0.1, 0.15) is 0 Å². The molecule has 0 atom stereocenters. The number of carbonyl (C=O) groups excluding carboxylic acids is 1. The van der Waals surface area contributed by atoms with Gasteiger partial charge in [0.25, 0.3) is 0 Å². The zero-order chi connectivity index (χ0) is 23.1. The molecule has 3 rings (SSSR count). The summed E-state index contributed by atoms with van der Waals surface area (Å²) in [5, 5.41) is 0. The number of benzene rings is 3. The van der Waals surface area contributed by atoms with Crippen LogP contribution in [0.5, 0.6) is 17.2 Å². The minimum Gasteiger partial charge on any atom is -0.493 e. The summed E-state index contributed by atoms with van der Waals surface area (Å²) in [6, 6.07) is 19.7. The first kappa shape index (κ1) is 23.1. The SMILES string of the molecule is COc1ccc(C=CC(=O)c2cc(-c3ccccc3)ccc2CN(C)C)c(OC)c1OC. The average molecular weight is 432 g/mol. The molecule has 0 aliphatic carbocycles. The molecule has 0 saturated heterocycles. The van der Waals surface area contributed by atoms with Crippen LogP contribution in [0.1, 0.15) is 21.5 Å². The Labute approximate surface area is 189 Å². The molecule has 3 aromatic rings. The molecule has 0 heterocycles. The molecule has 32 heavy (non-hydrogen) atoms. The predicted octanol–water partition coefficient (Wildman–Crippen LogP) is 5.34. The Morgan fingerprint density at radius 2 is 1.56 bits per heavy atom. The van der Waals surface area contributed by atoms with Crippen LogP contribution in [0.25, 0.3) is 17.2 Å². The van der Waals surface area contributed by atoms with Gasteiger partial charge in [0, 0.05) is 17.7 Å². The van der Waals surface area contributed by atoms with E-state index < -0.39 is 0 Å². The summed E-state index contributed by atoms with van der Waals surface area (Å²) >= 11 is 0. The molecule has 0 fully saturated rings. The number of carbonyl (C=O) groups is 1. The van der Waals surface area contributed by atoms with Gasteiger partial charge in [-0.05, 0) is 61.1 Å². The van der Waals surface area contributed by atoms with Gasteiger partial charge in [-0.2, -0.15) is 0 Å². The van der Waals surface area contributed by atoms with Crippen molar-refractivity contribution in [2.24, 2.45) is 0 Å². The van der Waals surface area contributed by atoms with E-state index in [1.807, 2.05) is 62.6 Å². The van der Waals surface area contributed by atoms with Gasteiger partial charge in [0.05, 0.1) is 21.3 Å². The number of hydrogen-bond acceptors (Lipinski definition) is 5. The number of ether oxygens (including phenoxy) is 3. The van der Waals surface area contributed by atoms with E-state index in [1.165, 1.54) is 0 Å². The lowest BCUT2D eigenvalue weighted by atomic mass is 9.96. The molecule has 0 radical (unpaired) electrons. The van der Waals surface area contributed by atoms with Gasteiger partial charge in [0.15, 0.2) is 17.3 Å². The molecular formula is C27H29NO4. The molecule has 0 aromatic heterocycles. The summed E-state index contributed by atoms with van der Waals surface area (Å²) in [5.74, 6) is 1.50. The molecule has 5 nitrogen and oxygen atoms in total. The number of methoxy groups -OCH3 is 3. The van der Waals surface area contributed by atoms with Gasteiger partial charge in [-0.1, -0.05) is 42.5 Å². The van der Waals surface area contributed by atoms with Crippen molar-refractivity contribution in [2.75, 3.05) is 35.4 Å². The van der Waals surface area contributed by atoms with Crippen molar-refractivity contribution < 1.29 is 19.0 Å². The lowest BCUT2D eigenvalue weighted by Crippen LogP contribution is -2.14. The van der Waals surface area contributed by atoms with Crippen LogP contribution in [0.2, 0.25) is 0 Å². The number of allylic oxidation sites excluding steroid dienone is 1. The Morgan fingerprint density at radius 1 is 0.844 bits per heavy atom. The number of hydrogen-bond donors (Lipinski definition) is 0. The van der Waals surface area contributed by atoms with Gasteiger partial charge in [-0.25, -0.2) is 0 Å². The molecule has 5 heteroatoms. The fourth-order valence-corrected chi connectivity index (χ4v) is 3.61. The monoisotopic (exact) mass is 431 g/mol. The smallest absolute Gasteiger partial charge is 0.203 e. The lowest BCUT2D eigenvalue weighted by molar-refractivity contribution is 0.104. The zero-order valence-electron chi connectivity index (χ0n) is 19.2. The van der Waals surface area contributed by atoms with E-state index in [4.69, 9.17) is 14.2 Å². The molecule has 0 saturated carbocycles. The van der Waals surface area contributed by atoms with Crippen molar-refractivity contribution >= 4 is 11.9 Å². The second-order valence-electron chi connectivity index (χ2n) is 7.60. The van der Waals surface area contributed by atoms with Gasteiger partial charge in [0.2, 0.25) is 5.75 Å². The minimum atomic E-state index is -0.0727. The summed E-state index contributed by atoms with van der Waals surface area (Å²) in [6.45, 7) is 0.670. The van der Waals surface area contributed by atoms with E-state index in [2.05, 4.69) is 11.0 Å². The summed E-state index contributed by atoms with van der Waals surface area (Å²) in [6.07, 6.45) is 3.32. The van der Waals surface area contributed by atoms with Crippen molar-refractivity contribution in [1.82, 2.24) is 4.90 Å². The van der Waals surface area contributed by atoms with Crippen LogP contribution in [0.15, 0.2) is 66.7 Å². The zero-order valence-corrected chi connectivity index (χ0v) is 19.2. The molecule has 166 valence electrons. The molecule has 0 amide bonds.